The lowest BCUT2D eigenvalue weighted by Gasteiger charge is -2.10. The fourth-order valence-electron chi connectivity index (χ4n) is 18.2. The monoisotopic (exact) mass is 1900 g/mol. The number of benzene rings is 8. The van der Waals surface area contributed by atoms with Crippen molar-refractivity contribution in [3.05, 3.63) is 310 Å². The zero-order valence-electron chi connectivity index (χ0n) is 75.1. The number of carbonyl (C=O) groups excluding carboxylic acids is 4. The summed E-state index contributed by atoms with van der Waals surface area (Å²) in [5.74, 6) is -16.1. The van der Waals surface area contributed by atoms with Crippen LogP contribution >= 0.6 is 0 Å². The molecule has 0 amide bonds. The van der Waals surface area contributed by atoms with Crippen LogP contribution in [0.4, 0.5) is 0 Å². The van der Waals surface area contributed by atoms with Gasteiger partial charge in [-0.15, -0.1) is 0 Å². The van der Waals surface area contributed by atoms with Gasteiger partial charge in [0.25, 0.3) is 0 Å². The third-order valence-electron chi connectivity index (χ3n) is 25.1. The first kappa shape index (κ1) is 94.6. The molecular weight excluding hydrogens is 1810 g/mol. The molecule has 0 saturated heterocycles. The minimum Gasteiger partial charge on any atom is -0.504 e. The molecule has 12 aromatic heterocycles. The van der Waals surface area contributed by atoms with Crippen molar-refractivity contribution in [3.8, 4) is 67.5 Å². The second-order valence-electron chi connectivity index (χ2n) is 33.7. The van der Waals surface area contributed by atoms with Crippen molar-refractivity contribution in [1.82, 2.24) is 39.9 Å². The zero-order chi connectivity index (χ0) is 99.3. The SMILES string of the molecule is CCCCCc1cccc2c(C(=O)c3oc(C(=O)O)c(-c4c[nH]c5ccccc45)c3O)c[nH]c12.O=C(O)CCCCc1cccc2c(C(=O)c3oc(C(=O)O)c(-c4c[nH]c5ccccc45)c3O)c[nH]c12.O=C(O)CCc1cccc2c(C(=O)c3oc(C(=O)O)c(-c4c[nH]c5ccccc45)c3O)c[nH]c12.O=C(O)c1oc(C(=O)c2c[nH]c3c(CCCC(CO)CO)cccc23)c(O)c1-c1c[nH]c2ccccc12. The van der Waals surface area contributed by atoms with Crippen molar-refractivity contribution < 1.29 is 127 Å². The Labute approximate surface area is 795 Å². The summed E-state index contributed by atoms with van der Waals surface area (Å²) >= 11 is 0. The van der Waals surface area contributed by atoms with Crippen LogP contribution in [-0.2, 0) is 35.3 Å². The number of aromatic amines is 8. The van der Waals surface area contributed by atoms with Crippen molar-refractivity contribution in [3.63, 3.8) is 0 Å². The Balaban J connectivity index is 0.000000130. The fraction of sp³-hybridized carbons (Fsp3) is 0.159. The summed E-state index contributed by atoms with van der Waals surface area (Å²) in [5.41, 5.74) is 12.0. The third-order valence-corrected chi connectivity index (χ3v) is 25.1. The number of nitrogens with one attached hydrogen (secondary N) is 8. The number of furan rings is 4. The fourth-order valence-corrected chi connectivity index (χ4v) is 18.2. The highest BCUT2D eigenvalue weighted by Gasteiger charge is 2.38. The Kier molecular flexibility index (Phi) is 27.1. The number of aromatic hydroxyl groups is 4. The molecule has 0 saturated carbocycles. The minimum atomic E-state index is -1.43. The van der Waals surface area contributed by atoms with Gasteiger partial charge in [-0.2, -0.15) is 0 Å². The van der Waals surface area contributed by atoms with Gasteiger partial charge in [0.2, 0.25) is 69.2 Å². The Bertz CT molecular complexity index is 8290. The van der Waals surface area contributed by atoms with Gasteiger partial charge in [0.05, 0.1) is 44.5 Å². The highest BCUT2D eigenvalue weighted by molar-refractivity contribution is 6.23. The Hall–Kier alpha value is -18.2. The van der Waals surface area contributed by atoms with Gasteiger partial charge >= 0.3 is 35.8 Å². The summed E-state index contributed by atoms with van der Waals surface area (Å²) in [6, 6.07) is 50.7. The molecule has 0 aliphatic heterocycles. The van der Waals surface area contributed by atoms with Crippen molar-refractivity contribution in [2.24, 2.45) is 5.92 Å². The number of carbonyl (C=O) groups is 10. The standard InChI is InChI=1S/C28H26N2O7.C27H22N2O7.C27H24N2O5.C25H18N2O7/c31-13-15(14-32)5-3-6-16-7-4-9-18-20(12-30-23(16)18)24(33)27-25(34)22(26(37-27)28(35)36)19-11-29-21-10-2-1-8-17(19)21;30-20(31)11-4-1-6-14-7-5-9-16-18(13-29-22(14)16)23(32)26-24(33)21(25(36-26)27(34)35)17-12-28-19-10-3-2-8-15(17)19;1-2-3-4-8-15-9-7-11-17-19(14-29-22(15)17)23(30)26-24(31)21(25(34-26)27(32)33)18-13-28-20-12-6-5-10-16(18)20;28-18(29)9-8-12-4-3-6-14-16(11-27-20(12)14)21(30)24-22(31)19(23(34-24)25(32)33)15-10-26-17-7-2-1-5-13(15)17/h1-2,4,7-12,15,29-32,34H,3,5-6,13-14H2,(H,35,36);2-3,5,7-10,12-13,28-29,33H,1,4,6,11H2,(H,30,31)(H,34,35);5-7,9-14,28-29,31H,2-4,8H2,1H3,(H,32,33);1-7,10-11,26-27,31H,8-9H2,(H,28,29)(H,32,33). The second kappa shape index (κ2) is 40.4. The first-order chi connectivity index (χ1) is 68.2. The van der Waals surface area contributed by atoms with Crippen molar-refractivity contribution in [2.45, 2.75) is 90.4 Å². The van der Waals surface area contributed by atoms with Crippen molar-refractivity contribution >= 4 is 146 Å². The Morgan fingerprint density at radius 1 is 0.277 bits per heavy atom. The van der Waals surface area contributed by atoms with Gasteiger partial charge in [0.15, 0.2) is 23.0 Å². The lowest BCUT2D eigenvalue weighted by molar-refractivity contribution is -0.138. The van der Waals surface area contributed by atoms with Crippen LogP contribution < -0.4 is 0 Å². The predicted molar refractivity (Wildman–Crippen MR) is 520 cm³/mol. The largest absolute Gasteiger partial charge is 0.504 e. The number of aryl methyl sites for hydroxylation is 4. The first-order valence-corrected chi connectivity index (χ1v) is 45.0. The third kappa shape index (κ3) is 18.3. The summed E-state index contributed by atoms with van der Waals surface area (Å²) < 4.78 is 21.9. The van der Waals surface area contributed by atoms with Crippen LogP contribution in [0.25, 0.3) is 132 Å². The van der Waals surface area contributed by atoms with Crippen LogP contribution in [0, 0.1) is 5.92 Å². The lowest BCUT2D eigenvalue weighted by Crippen LogP contribution is -2.11. The number of rotatable bonds is 34. The van der Waals surface area contributed by atoms with E-state index in [4.69, 9.17) is 27.9 Å². The summed E-state index contributed by atoms with van der Waals surface area (Å²) in [5, 5.41) is 125. The molecule has 0 atom stereocenters. The van der Waals surface area contributed by atoms with E-state index in [2.05, 4.69) is 46.8 Å². The minimum absolute atomic E-state index is 0.0200. The molecule has 34 nitrogen and oxygen atoms in total. The molecule has 0 fully saturated rings. The molecular formula is C107H90N8O26. The first-order valence-electron chi connectivity index (χ1n) is 45.0. The maximum absolute atomic E-state index is 13.5. The van der Waals surface area contributed by atoms with E-state index in [1.807, 2.05) is 84.9 Å². The van der Waals surface area contributed by atoms with E-state index in [0.717, 1.165) is 87.4 Å². The number of carboxylic acids is 6. The average molecular weight is 1900 g/mol. The van der Waals surface area contributed by atoms with Gasteiger partial charge in [-0.25, -0.2) is 19.2 Å². The number of carboxylic acid groups (broad SMARTS) is 6. The summed E-state index contributed by atoms with van der Waals surface area (Å²) in [6.07, 6.45) is 20.7. The van der Waals surface area contributed by atoms with Gasteiger partial charge in [-0.3, -0.25) is 28.8 Å². The van der Waals surface area contributed by atoms with Crippen LogP contribution in [0.3, 0.4) is 0 Å². The molecule has 8 aromatic carbocycles. The number of hydrogen-bond acceptors (Lipinski definition) is 20. The number of hydrogen-bond donors (Lipinski definition) is 20. The molecule has 0 aliphatic carbocycles. The van der Waals surface area contributed by atoms with Crippen LogP contribution in [0.2, 0.25) is 0 Å². The molecule has 0 spiro atoms. The molecule has 0 aliphatic rings. The summed E-state index contributed by atoms with van der Waals surface area (Å²) in [4.78, 5) is 148. The molecule has 0 radical (unpaired) electrons. The topological polar surface area (TPSA) is 592 Å². The molecule has 20 aromatic rings. The molecule has 714 valence electrons. The van der Waals surface area contributed by atoms with Crippen LogP contribution in [0.15, 0.2) is 237 Å². The van der Waals surface area contributed by atoms with E-state index in [1.54, 1.807) is 116 Å². The van der Waals surface area contributed by atoms with Gasteiger partial charge < -0.3 is 119 Å². The normalized spacial score (nSPS) is 11.4. The number of unbranched alkanes of at least 4 members (excludes halogenated alkanes) is 3. The number of aromatic nitrogens is 8. The maximum Gasteiger partial charge on any atom is 0.372 e. The number of aliphatic carboxylic acids is 2. The van der Waals surface area contributed by atoms with E-state index in [0.29, 0.717) is 114 Å². The molecule has 20 N–H and O–H groups in total. The van der Waals surface area contributed by atoms with Crippen molar-refractivity contribution in [1.29, 1.82) is 0 Å². The smallest absolute Gasteiger partial charge is 0.372 e. The number of aromatic carboxylic acids is 4. The Morgan fingerprint density at radius 2 is 0.532 bits per heavy atom. The quantitative estimate of drug-likeness (QED) is 0.0132. The molecule has 0 unspecified atom stereocenters. The molecule has 0 bridgehead atoms. The second-order valence-corrected chi connectivity index (χ2v) is 33.7. The molecule has 141 heavy (non-hydrogen) atoms. The maximum atomic E-state index is 13.5. The van der Waals surface area contributed by atoms with E-state index in [9.17, 15) is 99.0 Å². The number of H-pyrrole nitrogens is 8. The van der Waals surface area contributed by atoms with Gasteiger partial charge in [0, 0.05) is 191 Å². The Morgan fingerprint density at radius 3 is 0.794 bits per heavy atom. The van der Waals surface area contributed by atoms with Crippen LogP contribution in [-0.4, -0.2) is 173 Å². The molecule has 20 rings (SSSR count). The van der Waals surface area contributed by atoms with E-state index >= 15 is 0 Å². The number of aliphatic hydroxyl groups excluding tert-OH is 2. The highest BCUT2D eigenvalue weighted by atomic mass is 16.4. The number of fused-ring (bicyclic) bond motifs is 8. The highest BCUT2D eigenvalue weighted by Crippen LogP contribution is 2.49. The number of para-hydroxylation sites is 8. The van der Waals surface area contributed by atoms with Crippen LogP contribution in [0.1, 0.15) is 194 Å². The predicted octanol–water partition coefficient (Wildman–Crippen LogP) is 20.6. The van der Waals surface area contributed by atoms with E-state index in [1.165, 1.54) is 18.6 Å². The van der Waals surface area contributed by atoms with Crippen molar-refractivity contribution in [2.75, 3.05) is 13.2 Å². The van der Waals surface area contributed by atoms with E-state index < -0.39 is 128 Å². The van der Waals surface area contributed by atoms with Gasteiger partial charge in [0.1, 0.15) is 0 Å². The summed E-state index contributed by atoms with van der Waals surface area (Å²) in [7, 11) is 0. The zero-order valence-corrected chi connectivity index (χ0v) is 75.1. The summed E-state index contributed by atoms with van der Waals surface area (Å²) in [6.45, 7) is 2.00. The van der Waals surface area contributed by atoms with Crippen LogP contribution in [0.5, 0.6) is 23.0 Å². The average Bonchev–Trinajstić information content (AvgIpc) is 1.61. The number of ketones is 4. The number of aliphatic hydroxyl groups is 2. The molecule has 34 heteroatoms. The van der Waals surface area contributed by atoms with E-state index in [-0.39, 0.29) is 77.3 Å². The lowest BCUT2D eigenvalue weighted by atomic mass is 9.98. The van der Waals surface area contributed by atoms with Gasteiger partial charge in [-0.1, -0.05) is 165 Å². The molecule has 12 heterocycles. The van der Waals surface area contributed by atoms with Gasteiger partial charge in [-0.05, 0) is 104 Å².